The van der Waals surface area contributed by atoms with Crippen LogP contribution in [-0.2, 0) is 0 Å². The van der Waals surface area contributed by atoms with Crippen molar-refractivity contribution in [3.05, 3.63) is 71.3 Å². The smallest absolute Gasteiger partial charge is 0.0658 e. The Balaban J connectivity index is 0.000000680. The van der Waals surface area contributed by atoms with E-state index in [9.17, 15) is 0 Å². The molecule has 0 radical (unpaired) electrons. The molecular formula is C21H21N4OP. The third kappa shape index (κ3) is 4.22. The molecule has 5 rings (SSSR count). The zero-order valence-corrected chi connectivity index (χ0v) is 16.4. The number of aromatic amines is 2. The molecular weight excluding hydrogens is 355 g/mol. The Morgan fingerprint density at radius 2 is 0.815 bits per heavy atom. The summed E-state index contributed by atoms with van der Waals surface area (Å²) >= 11 is 0. The van der Waals surface area contributed by atoms with Crippen molar-refractivity contribution in [1.29, 1.82) is 0 Å². The van der Waals surface area contributed by atoms with Crippen LogP contribution in [0.15, 0.2) is 48.5 Å². The lowest BCUT2D eigenvalue weighted by Gasteiger charge is -1.85. The van der Waals surface area contributed by atoms with Crippen LogP contribution >= 0.6 is 9.90 Å². The van der Waals surface area contributed by atoms with Crippen molar-refractivity contribution < 1.29 is 5.11 Å². The summed E-state index contributed by atoms with van der Waals surface area (Å²) in [7, 11) is 1.00. The summed E-state index contributed by atoms with van der Waals surface area (Å²) in [5.41, 5.74) is 7.86. The quantitative estimate of drug-likeness (QED) is 0.352. The highest BCUT2D eigenvalue weighted by Gasteiger charge is 2.00. The van der Waals surface area contributed by atoms with Gasteiger partial charge >= 0.3 is 0 Å². The highest BCUT2D eigenvalue weighted by molar-refractivity contribution is 6.92. The Labute approximate surface area is 160 Å². The first-order valence-corrected chi connectivity index (χ1v) is 8.29. The van der Waals surface area contributed by atoms with Gasteiger partial charge in [0.2, 0.25) is 0 Å². The fourth-order valence-corrected chi connectivity index (χ4v) is 2.94. The third-order valence-corrected chi connectivity index (χ3v) is 4.04. The van der Waals surface area contributed by atoms with Crippen molar-refractivity contribution in [1.82, 2.24) is 19.9 Å². The summed E-state index contributed by atoms with van der Waals surface area (Å²) in [4.78, 5) is 16.0. The summed E-state index contributed by atoms with van der Waals surface area (Å²) in [6.45, 7) is 0. The molecule has 0 saturated carbocycles. The predicted molar refractivity (Wildman–Crippen MR) is 118 cm³/mol. The standard InChI is InChI=1S/C20H14N4.CH4O.H3P/c1-2-14-10-16-5-6-18(23-16)12-20-8-7-19(24-20)11-17-4-3-15(22-17)9-13(1)21-14;1-2;/h1-12,21,24H;2H,1H3;1H3. The van der Waals surface area contributed by atoms with E-state index in [0.717, 1.165) is 52.0 Å². The second-order valence-corrected chi connectivity index (χ2v) is 5.91. The third-order valence-electron chi connectivity index (χ3n) is 4.04. The van der Waals surface area contributed by atoms with E-state index in [1.165, 1.54) is 0 Å². The van der Waals surface area contributed by atoms with Crippen molar-refractivity contribution in [3.63, 3.8) is 0 Å². The van der Waals surface area contributed by atoms with Crippen LogP contribution < -0.4 is 0 Å². The highest BCUT2D eigenvalue weighted by atomic mass is 31.0. The number of fused-ring (bicyclic) bond motifs is 8. The summed E-state index contributed by atoms with van der Waals surface area (Å²) < 4.78 is 0. The Hall–Kier alpha value is -3.01. The van der Waals surface area contributed by atoms with E-state index >= 15 is 0 Å². The van der Waals surface area contributed by atoms with Gasteiger partial charge in [0.25, 0.3) is 0 Å². The maximum atomic E-state index is 7.00. The van der Waals surface area contributed by atoms with Gasteiger partial charge in [-0.2, -0.15) is 9.90 Å². The first-order chi connectivity index (χ1) is 12.8. The summed E-state index contributed by atoms with van der Waals surface area (Å²) in [5, 5.41) is 7.00. The molecule has 3 N–H and O–H groups in total. The van der Waals surface area contributed by atoms with Crippen molar-refractivity contribution in [2.45, 2.75) is 0 Å². The fraction of sp³-hybridized carbons (Fsp3) is 0.0476. The monoisotopic (exact) mass is 376 g/mol. The Morgan fingerprint density at radius 1 is 0.556 bits per heavy atom. The lowest BCUT2D eigenvalue weighted by Crippen LogP contribution is -1.75. The average molecular weight is 376 g/mol. The molecule has 0 fully saturated rings. The van der Waals surface area contributed by atoms with Crippen LogP contribution in [-0.4, -0.2) is 32.2 Å². The number of nitrogens with one attached hydrogen (secondary N) is 2. The minimum Gasteiger partial charge on any atom is -0.400 e. The normalized spacial score (nSPS) is 11.5. The van der Waals surface area contributed by atoms with Gasteiger partial charge in [-0.15, -0.1) is 0 Å². The zero-order valence-electron chi connectivity index (χ0n) is 15.0. The van der Waals surface area contributed by atoms with E-state index in [4.69, 9.17) is 5.11 Å². The first-order valence-electron chi connectivity index (χ1n) is 8.29. The zero-order chi connectivity index (χ0) is 17.9. The Morgan fingerprint density at radius 3 is 1.07 bits per heavy atom. The predicted octanol–water partition coefficient (Wildman–Crippen LogP) is 4.32. The van der Waals surface area contributed by atoms with Gasteiger partial charge in [-0.1, -0.05) is 0 Å². The lowest BCUT2D eigenvalue weighted by atomic mass is 10.3. The second kappa shape index (κ2) is 8.12. The Bertz CT molecular complexity index is 997. The molecule has 0 amide bonds. The molecule has 1 atom stereocenters. The van der Waals surface area contributed by atoms with Crippen LogP contribution in [0.1, 0.15) is 22.8 Å². The molecule has 0 aliphatic carbocycles. The maximum Gasteiger partial charge on any atom is 0.0658 e. The van der Waals surface area contributed by atoms with E-state index in [-0.39, 0.29) is 9.90 Å². The van der Waals surface area contributed by atoms with Crippen molar-refractivity contribution in [3.8, 4) is 0 Å². The van der Waals surface area contributed by atoms with Gasteiger partial charge in [-0.3, -0.25) is 0 Å². The molecule has 2 aliphatic heterocycles. The van der Waals surface area contributed by atoms with Gasteiger partial charge in [-0.05, 0) is 72.8 Å². The van der Waals surface area contributed by atoms with Gasteiger partial charge in [0.1, 0.15) is 0 Å². The first kappa shape index (κ1) is 18.8. The molecule has 0 spiro atoms. The number of hydrogen-bond acceptors (Lipinski definition) is 3. The molecule has 2 aliphatic rings. The SMILES string of the molecule is C1=Cc2cc3ccc(cc4nc(cc5ccc(cc1n2)[nH]5)C=C4)[nH]3.CO.P. The van der Waals surface area contributed by atoms with Crippen molar-refractivity contribution >= 4 is 56.3 Å². The molecule has 0 saturated heterocycles. The largest absolute Gasteiger partial charge is 0.400 e. The van der Waals surface area contributed by atoms with Crippen LogP contribution in [0.5, 0.6) is 0 Å². The summed E-state index contributed by atoms with van der Waals surface area (Å²) in [6.07, 6.45) is 8.09. The molecule has 3 aromatic heterocycles. The number of rotatable bonds is 0. The van der Waals surface area contributed by atoms with E-state index in [1.54, 1.807) is 0 Å². The molecule has 3 aromatic rings. The average Bonchev–Trinajstić information content (AvgIpc) is 3.42. The van der Waals surface area contributed by atoms with Crippen LogP contribution in [0.25, 0.3) is 46.4 Å². The van der Waals surface area contributed by atoms with E-state index in [1.807, 2.05) is 48.6 Å². The molecule has 5 nitrogen and oxygen atoms in total. The number of aliphatic hydroxyl groups is 1. The van der Waals surface area contributed by atoms with E-state index < -0.39 is 0 Å². The fourth-order valence-electron chi connectivity index (χ4n) is 2.94. The molecule has 1 unspecified atom stereocenters. The van der Waals surface area contributed by atoms with Gasteiger partial charge in [0.15, 0.2) is 0 Å². The molecule has 0 aromatic carbocycles. The van der Waals surface area contributed by atoms with Gasteiger partial charge in [0, 0.05) is 29.2 Å². The number of H-pyrrole nitrogens is 2. The van der Waals surface area contributed by atoms with Crippen molar-refractivity contribution in [2.75, 3.05) is 7.11 Å². The topological polar surface area (TPSA) is 77.6 Å². The van der Waals surface area contributed by atoms with Gasteiger partial charge in [-0.25, -0.2) is 9.97 Å². The minimum atomic E-state index is 0. The molecule has 6 heteroatoms. The molecule has 27 heavy (non-hydrogen) atoms. The molecule has 136 valence electrons. The highest BCUT2D eigenvalue weighted by Crippen LogP contribution is 2.16. The number of aromatic nitrogens is 4. The molecule has 8 bridgehead atoms. The molecule has 5 heterocycles. The van der Waals surface area contributed by atoms with E-state index in [2.05, 4.69) is 44.2 Å². The van der Waals surface area contributed by atoms with Crippen LogP contribution in [0, 0.1) is 0 Å². The van der Waals surface area contributed by atoms with Gasteiger partial charge < -0.3 is 15.1 Å². The minimum absolute atomic E-state index is 0. The number of hydrogen-bond donors (Lipinski definition) is 3. The number of aliphatic hydroxyl groups excluding tert-OH is 1. The number of nitrogens with zero attached hydrogens (tertiary/aromatic N) is 2. The van der Waals surface area contributed by atoms with E-state index in [0.29, 0.717) is 0 Å². The Kier molecular flexibility index (Phi) is 5.65. The van der Waals surface area contributed by atoms with Crippen LogP contribution in [0.4, 0.5) is 0 Å². The lowest BCUT2D eigenvalue weighted by molar-refractivity contribution is 0.399. The summed E-state index contributed by atoms with van der Waals surface area (Å²) in [6, 6.07) is 16.4. The van der Waals surface area contributed by atoms with Crippen LogP contribution in [0.3, 0.4) is 0 Å². The van der Waals surface area contributed by atoms with Crippen LogP contribution in [0.2, 0.25) is 0 Å². The van der Waals surface area contributed by atoms with Gasteiger partial charge in [0.05, 0.1) is 22.8 Å². The van der Waals surface area contributed by atoms with Crippen molar-refractivity contribution in [2.24, 2.45) is 0 Å². The summed E-state index contributed by atoms with van der Waals surface area (Å²) in [5.74, 6) is 0. The second-order valence-electron chi connectivity index (χ2n) is 5.91. The maximum absolute atomic E-state index is 7.00.